The van der Waals surface area contributed by atoms with E-state index in [0.29, 0.717) is 22.8 Å². The van der Waals surface area contributed by atoms with Crippen LogP contribution in [0.25, 0.3) is 16.9 Å². The van der Waals surface area contributed by atoms with Gasteiger partial charge >= 0.3 is 0 Å². The quantitative estimate of drug-likeness (QED) is 0.337. The Labute approximate surface area is 240 Å². The smallest absolute Gasteiger partial charge is 0.258 e. The van der Waals surface area contributed by atoms with Gasteiger partial charge in [0.15, 0.2) is 5.82 Å². The molecular weight excluding hydrogens is 520 g/mol. The van der Waals surface area contributed by atoms with E-state index in [-0.39, 0.29) is 11.3 Å². The van der Waals surface area contributed by atoms with Crippen LogP contribution in [0.2, 0.25) is 0 Å². The van der Waals surface area contributed by atoms with Crippen molar-refractivity contribution in [3.05, 3.63) is 65.8 Å². The van der Waals surface area contributed by atoms with Crippen LogP contribution in [-0.4, -0.2) is 82.4 Å². The van der Waals surface area contributed by atoms with Crippen LogP contribution in [0, 0.1) is 6.92 Å². The van der Waals surface area contributed by atoms with Gasteiger partial charge in [-0.2, -0.15) is 0 Å². The predicted molar refractivity (Wildman–Crippen MR) is 158 cm³/mol. The minimum atomic E-state index is -0.334. The summed E-state index contributed by atoms with van der Waals surface area (Å²) in [7, 11) is 1.75. The Morgan fingerprint density at radius 2 is 1.98 bits per heavy atom. The topological polar surface area (TPSA) is 114 Å². The van der Waals surface area contributed by atoms with Crippen molar-refractivity contribution in [2.75, 3.05) is 56.7 Å². The number of methoxy groups -OCH3 is 1. The molecule has 0 aliphatic carbocycles. The lowest BCUT2D eigenvalue weighted by molar-refractivity contribution is 0.102. The van der Waals surface area contributed by atoms with Crippen LogP contribution < -0.4 is 10.2 Å². The molecular formula is C30H38N8O3. The lowest BCUT2D eigenvalue weighted by atomic mass is 9.93. The summed E-state index contributed by atoms with van der Waals surface area (Å²) in [6.07, 6.45) is 4.51. The molecule has 0 saturated carbocycles. The minimum absolute atomic E-state index is 0.211. The average molecular weight is 559 g/mol. The van der Waals surface area contributed by atoms with Crippen molar-refractivity contribution in [3.63, 3.8) is 0 Å². The Bertz CT molecular complexity index is 1490. The van der Waals surface area contributed by atoms with Crippen molar-refractivity contribution in [2.24, 2.45) is 0 Å². The number of anilines is 2. The lowest BCUT2D eigenvalue weighted by Gasteiger charge is -2.24. The molecule has 0 radical (unpaired) electrons. The fraction of sp³-hybridized carbons (Fsp3) is 0.433. The molecule has 1 fully saturated rings. The summed E-state index contributed by atoms with van der Waals surface area (Å²) in [6, 6.07) is 11.9. The van der Waals surface area contributed by atoms with Gasteiger partial charge < -0.3 is 19.5 Å². The van der Waals surface area contributed by atoms with Gasteiger partial charge in [0.05, 0.1) is 29.7 Å². The highest BCUT2D eigenvalue weighted by molar-refractivity contribution is 6.03. The normalized spacial score (nSPS) is 14.7. The summed E-state index contributed by atoms with van der Waals surface area (Å²) in [5.74, 6) is 0.713. The monoisotopic (exact) mass is 558 g/mol. The van der Waals surface area contributed by atoms with E-state index in [2.05, 4.69) is 53.8 Å². The molecule has 1 aromatic carbocycles. The molecule has 11 nitrogen and oxygen atoms in total. The van der Waals surface area contributed by atoms with Gasteiger partial charge in [0.1, 0.15) is 11.5 Å². The molecule has 4 heterocycles. The Hall–Kier alpha value is -4.09. The van der Waals surface area contributed by atoms with Crippen molar-refractivity contribution >= 4 is 17.4 Å². The number of rotatable bonds is 8. The highest BCUT2D eigenvalue weighted by Gasteiger charge is 2.21. The van der Waals surface area contributed by atoms with Crippen LogP contribution in [0.4, 0.5) is 11.5 Å². The highest BCUT2D eigenvalue weighted by Crippen LogP contribution is 2.26. The molecule has 216 valence electrons. The number of pyridine rings is 1. The van der Waals surface area contributed by atoms with Gasteiger partial charge in [0, 0.05) is 62.2 Å². The van der Waals surface area contributed by atoms with E-state index in [4.69, 9.17) is 9.26 Å². The van der Waals surface area contributed by atoms with Gasteiger partial charge in [-0.3, -0.25) is 14.7 Å². The molecule has 0 bridgehead atoms. The molecule has 0 unspecified atom stereocenters. The zero-order valence-corrected chi connectivity index (χ0v) is 24.4. The van der Waals surface area contributed by atoms with Crippen molar-refractivity contribution < 1.29 is 14.1 Å². The zero-order valence-electron chi connectivity index (χ0n) is 24.4. The van der Waals surface area contributed by atoms with Gasteiger partial charge in [0.2, 0.25) is 0 Å². The Morgan fingerprint density at radius 3 is 2.76 bits per heavy atom. The van der Waals surface area contributed by atoms with E-state index in [1.54, 1.807) is 23.9 Å². The molecule has 11 heteroatoms. The third kappa shape index (κ3) is 6.80. The fourth-order valence-electron chi connectivity index (χ4n) is 4.80. The maximum Gasteiger partial charge on any atom is 0.258 e. The van der Waals surface area contributed by atoms with E-state index >= 15 is 0 Å². The minimum Gasteiger partial charge on any atom is -0.383 e. The maximum atomic E-state index is 13.0. The van der Waals surface area contributed by atoms with Crippen molar-refractivity contribution in [3.8, 4) is 16.9 Å². The number of ether oxygens (including phenoxy) is 1. The third-order valence-electron chi connectivity index (χ3n) is 7.26. The Kier molecular flexibility index (Phi) is 8.46. The molecule has 0 atom stereocenters. The van der Waals surface area contributed by atoms with Crippen LogP contribution in [0.5, 0.6) is 0 Å². The van der Waals surface area contributed by atoms with E-state index in [1.807, 2.05) is 40.0 Å². The summed E-state index contributed by atoms with van der Waals surface area (Å²) >= 11 is 0. The second kappa shape index (κ2) is 12.2. The molecule has 1 N–H and O–H groups in total. The van der Waals surface area contributed by atoms with Gasteiger partial charge in [-0.15, -0.1) is 5.10 Å². The molecule has 4 aromatic rings. The molecule has 1 aliphatic heterocycles. The predicted octanol–water partition coefficient (Wildman–Crippen LogP) is 4.33. The number of hydrogen-bond acceptors (Lipinski definition) is 9. The SMILES string of the molecule is COCCN1CCCN(c2cccc(-c3cn(-c4cc(C(=O)Nc5cc(C(C)(C)C)on5)cnc4C)nn3)c2)CC1. The van der Waals surface area contributed by atoms with Crippen molar-refractivity contribution in [2.45, 2.75) is 39.5 Å². The van der Waals surface area contributed by atoms with Crippen LogP contribution >= 0.6 is 0 Å². The number of aryl methyl sites for hydroxylation is 1. The highest BCUT2D eigenvalue weighted by atomic mass is 16.5. The van der Waals surface area contributed by atoms with E-state index in [9.17, 15) is 4.79 Å². The van der Waals surface area contributed by atoms with Crippen LogP contribution in [-0.2, 0) is 10.2 Å². The van der Waals surface area contributed by atoms with Crippen molar-refractivity contribution in [1.82, 2.24) is 30.0 Å². The lowest BCUT2D eigenvalue weighted by Crippen LogP contribution is -2.32. The number of nitrogens with one attached hydrogen (secondary N) is 1. The number of amides is 1. The first-order valence-corrected chi connectivity index (χ1v) is 14.0. The fourth-order valence-corrected chi connectivity index (χ4v) is 4.80. The molecule has 5 rings (SSSR count). The number of aromatic nitrogens is 5. The maximum absolute atomic E-state index is 13.0. The second-order valence-corrected chi connectivity index (χ2v) is 11.4. The second-order valence-electron chi connectivity index (χ2n) is 11.4. The molecule has 3 aromatic heterocycles. The van der Waals surface area contributed by atoms with Crippen LogP contribution in [0.3, 0.4) is 0 Å². The first-order valence-electron chi connectivity index (χ1n) is 14.0. The largest absolute Gasteiger partial charge is 0.383 e. The van der Waals surface area contributed by atoms with Gasteiger partial charge in [-0.1, -0.05) is 43.3 Å². The van der Waals surface area contributed by atoms with Gasteiger partial charge in [-0.25, -0.2) is 4.68 Å². The molecule has 1 saturated heterocycles. The Balaban J connectivity index is 1.31. The number of benzene rings is 1. The number of carbonyl (C=O) groups excluding carboxylic acids is 1. The van der Waals surface area contributed by atoms with Gasteiger partial charge in [-0.05, 0) is 38.1 Å². The standard InChI is InChI=1S/C30H38N8O3/c1-21-26(17-23(19-31-21)29(39)32-28-18-27(41-34-28)30(2,3)4)38-20-25(33-35-38)22-8-6-9-24(16-22)37-11-7-10-36(12-13-37)14-15-40-5/h6,8-9,16-20H,7,10-15H2,1-5H3,(H,32,34,39). The summed E-state index contributed by atoms with van der Waals surface area (Å²) in [4.78, 5) is 22.3. The van der Waals surface area contributed by atoms with E-state index in [0.717, 1.165) is 62.7 Å². The third-order valence-corrected chi connectivity index (χ3v) is 7.26. The number of nitrogens with zero attached hydrogens (tertiary/aromatic N) is 7. The molecule has 1 amide bonds. The van der Waals surface area contributed by atoms with Crippen molar-refractivity contribution in [1.29, 1.82) is 0 Å². The molecule has 1 aliphatic rings. The van der Waals surface area contributed by atoms with Crippen LogP contribution in [0.15, 0.2) is 53.3 Å². The van der Waals surface area contributed by atoms with Crippen LogP contribution in [0.1, 0.15) is 49.0 Å². The summed E-state index contributed by atoms with van der Waals surface area (Å²) in [5, 5.41) is 15.6. The summed E-state index contributed by atoms with van der Waals surface area (Å²) in [5.41, 5.74) is 4.47. The number of carbonyl (C=O) groups is 1. The summed E-state index contributed by atoms with van der Waals surface area (Å²) in [6.45, 7) is 13.7. The number of hydrogen-bond donors (Lipinski definition) is 1. The molecule has 0 spiro atoms. The summed E-state index contributed by atoms with van der Waals surface area (Å²) < 4.78 is 12.3. The molecule has 41 heavy (non-hydrogen) atoms. The average Bonchev–Trinajstić information content (AvgIpc) is 3.58. The first kappa shape index (κ1) is 28.4. The van der Waals surface area contributed by atoms with E-state index < -0.39 is 0 Å². The van der Waals surface area contributed by atoms with Gasteiger partial charge in [0.25, 0.3) is 5.91 Å². The Morgan fingerprint density at radius 1 is 1.12 bits per heavy atom. The first-order chi connectivity index (χ1) is 19.7. The van der Waals surface area contributed by atoms with E-state index in [1.165, 1.54) is 11.9 Å². The zero-order chi connectivity index (χ0) is 29.0.